The highest BCUT2D eigenvalue weighted by molar-refractivity contribution is 7.99. The molecule has 4 N–H and O–H groups in total. The van der Waals surface area contributed by atoms with E-state index in [1.165, 1.54) is 30.3 Å². The summed E-state index contributed by atoms with van der Waals surface area (Å²) in [6.45, 7) is 0. The van der Waals surface area contributed by atoms with Crippen molar-refractivity contribution in [3.05, 3.63) is 54.1 Å². The van der Waals surface area contributed by atoms with Gasteiger partial charge in [-0.25, -0.2) is 13.6 Å². The van der Waals surface area contributed by atoms with E-state index in [9.17, 15) is 13.2 Å². The summed E-state index contributed by atoms with van der Waals surface area (Å²) in [6.07, 6.45) is 3.36. The van der Waals surface area contributed by atoms with E-state index < -0.39 is 10.0 Å². The van der Waals surface area contributed by atoms with E-state index in [0.717, 1.165) is 22.6 Å². The van der Waals surface area contributed by atoms with Crippen LogP contribution in [-0.4, -0.2) is 32.5 Å². The van der Waals surface area contributed by atoms with Gasteiger partial charge in [0.2, 0.25) is 10.0 Å². The summed E-state index contributed by atoms with van der Waals surface area (Å²) in [7, 11) is -3.68. The first-order valence-electron chi connectivity index (χ1n) is 8.86. The Kier molecular flexibility index (Phi) is 4.98. The maximum atomic E-state index is 12.5. The minimum atomic E-state index is -3.68. The van der Waals surface area contributed by atoms with Gasteiger partial charge in [0.05, 0.1) is 4.90 Å². The van der Waals surface area contributed by atoms with Gasteiger partial charge in [0.25, 0.3) is 5.91 Å². The Morgan fingerprint density at radius 1 is 1.04 bits per heavy atom. The molecular weight excluding hydrogens is 382 g/mol. The van der Waals surface area contributed by atoms with Crippen LogP contribution in [0.4, 0.5) is 0 Å². The monoisotopic (exact) mass is 403 g/mol. The second-order valence-corrected chi connectivity index (χ2v) is 9.71. The molecule has 0 saturated carbocycles. The van der Waals surface area contributed by atoms with E-state index >= 15 is 0 Å². The SMILES string of the molecule is NS(=O)(=O)c1ccc(Sc2ccc(C(=O)NC3CC4CCC3N4)cc2)cc1. The molecule has 1 amide bonds. The van der Waals surface area contributed by atoms with Crippen LogP contribution < -0.4 is 15.8 Å². The molecule has 2 aromatic carbocycles. The van der Waals surface area contributed by atoms with E-state index in [-0.39, 0.29) is 16.8 Å². The molecule has 2 bridgehead atoms. The van der Waals surface area contributed by atoms with Crippen molar-refractivity contribution < 1.29 is 13.2 Å². The van der Waals surface area contributed by atoms with Crippen molar-refractivity contribution in [2.45, 2.75) is 52.1 Å². The van der Waals surface area contributed by atoms with E-state index in [2.05, 4.69) is 10.6 Å². The number of nitrogens with one attached hydrogen (secondary N) is 2. The third-order valence-corrected chi connectivity index (χ3v) is 7.07. The van der Waals surface area contributed by atoms with Crippen LogP contribution in [0.5, 0.6) is 0 Å². The van der Waals surface area contributed by atoms with Crippen LogP contribution in [0.1, 0.15) is 29.6 Å². The molecular formula is C19H21N3O3S2. The number of hydrogen-bond acceptors (Lipinski definition) is 5. The van der Waals surface area contributed by atoms with E-state index in [0.29, 0.717) is 17.6 Å². The van der Waals surface area contributed by atoms with Gasteiger partial charge in [0.15, 0.2) is 0 Å². The van der Waals surface area contributed by atoms with E-state index in [4.69, 9.17) is 5.14 Å². The Bertz CT molecular complexity index is 943. The Morgan fingerprint density at radius 3 is 2.19 bits per heavy atom. The molecule has 2 fully saturated rings. The first-order chi connectivity index (χ1) is 12.9. The lowest BCUT2D eigenvalue weighted by Crippen LogP contribution is -2.42. The van der Waals surface area contributed by atoms with Gasteiger partial charge >= 0.3 is 0 Å². The van der Waals surface area contributed by atoms with Crippen molar-refractivity contribution >= 4 is 27.7 Å². The molecule has 2 saturated heterocycles. The van der Waals surface area contributed by atoms with Gasteiger partial charge in [-0.15, -0.1) is 0 Å². The number of amides is 1. The fourth-order valence-corrected chi connectivity index (χ4v) is 5.08. The number of nitrogens with two attached hydrogens (primary N) is 1. The zero-order valence-electron chi connectivity index (χ0n) is 14.6. The maximum Gasteiger partial charge on any atom is 0.251 e. The first kappa shape index (κ1) is 18.5. The lowest BCUT2D eigenvalue weighted by Gasteiger charge is -2.21. The number of fused-ring (bicyclic) bond motifs is 2. The summed E-state index contributed by atoms with van der Waals surface area (Å²) in [5, 5.41) is 11.8. The third kappa shape index (κ3) is 4.19. The minimum Gasteiger partial charge on any atom is -0.348 e. The number of benzene rings is 2. The number of rotatable bonds is 5. The summed E-state index contributed by atoms with van der Waals surface area (Å²) in [5.74, 6) is -0.0385. The minimum absolute atomic E-state index is 0.0385. The fourth-order valence-electron chi connectivity index (χ4n) is 3.74. The quantitative estimate of drug-likeness (QED) is 0.710. The molecule has 27 heavy (non-hydrogen) atoms. The average molecular weight is 404 g/mol. The summed E-state index contributed by atoms with van der Waals surface area (Å²) < 4.78 is 22.6. The van der Waals surface area contributed by atoms with Crippen LogP contribution in [-0.2, 0) is 10.0 Å². The molecule has 142 valence electrons. The zero-order chi connectivity index (χ0) is 19.0. The topological polar surface area (TPSA) is 101 Å². The molecule has 0 spiro atoms. The second-order valence-electron chi connectivity index (χ2n) is 7.01. The molecule has 0 aliphatic carbocycles. The Labute approximate surface area is 163 Å². The summed E-state index contributed by atoms with van der Waals surface area (Å²) >= 11 is 1.49. The average Bonchev–Trinajstić information content (AvgIpc) is 3.25. The Balaban J connectivity index is 1.38. The van der Waals surface area contributed by atoms with E-state index in [1.807, 2.05) is 24.3 Å². The van der Waals surface area contributed by atoms with Gasteiger partial charge in [-0.1, -0.05) is 11.8 Å². The van der Waals surface area contributed by atoms with Crippen molar-refractivity contribution in [2.24, 2.45) is 5.14 Å². The van der Waals surface area contributed by atoms with Gasteiger partial charge in [-0.05, 0) is 67.8 Å². The molecule has 6 nitrogen and oxygen atoms in total. The smallest absolute Gasteiger partial charge is 0.251 e. The number of carbonyl (C=O) groups is 1. The lowest BCUT2D eigenvalue weighted by molar-refractivity contribution is 0.0931. The Hall–Kier alpha value is -1.87. The molecule has 2 aliphatic heterocycles. The molecule has 3 unspecified atom stereocenters. The molecule has 2 aromatic rings. The lowest BCUT2D eigenvalue weighted by atomic mass is 9.95. The standard InChI is InChI=1S/C19H21N3O3S2/c20-27(24,25)16-8-6-15(7-9-16)26-14-4-1-12(2-5-14)19(23)22-18-11-13-3-10-17(18)21-13/h1-2,4-9,13,17-18,21H,3,10-11H2,(H,22,23)(H2,20,24,25). The van der Waals surface area contributed by atoms with Crippen LogP contribution >= 0.6 is 11.8 Å². The van der Waals surface area contributed by atoms with Gasteiger partial charge < -0.3 is 10.6 Å². The summed E-state index contributed by atoms with van der Waals surface area (Å²) in [4.78, 5) is 14.4. The number of carbonyl (C=O) groups excluding carboxylic acids is 1. The number of hydrogen-bond donors (Lipinski definition) is 3. The molecule has 8 heteroatoms. The van der Waals surface area contributed by atoms with Crippen LogP contribution in [0.15, 0.2) is 63.2 Å². The normalized spacial score (nSPS) is 24.1. The molecule has 2 heterocycles. The van der Waals surface area contributed by atoms with E-state index in [1.54, 1.807) is 12.1 Å². The summed E-state index contributed by atoms with van der Waals surface area (Å²) in [6, 6.07) is 15.0. The van der Waals surface area contributed by atoms with Crippen LogP contribution in [0, 0.1) is 0 Å². The predicted molar refractivity (Wildman–Crippen MR) is 104 cm³/mol. The van der Waals surface area contributed by atoms with Crippen molar-refractivity contribution in [1.29, 1.82) is 0 Å². The Morgan fingerprint density at radius 2 is 1.67 bits per heavy atom. The highest BCUT2D eigenvalue weighted by Gasteiger charge is 2.39. The number of primary sulfonamides is 1. The van der Waals surface area contributed by atoms with Gasteiger partial charge in [0.1, 0.15) is 0 Å². The van der Waals surface area contributed by atoms with Crippen molar-refractivity contribution in [1.82, 2.24) is 10.6 Å². The van der Waals surface area contributed by atoms with Crippen LogP contribution in [0.3, 0.4) is 0 Å². The predicted octanol–water partition coefficient (Wildman–Crippen LogP) is 2.11. The van der Waals surface area contributed by atoms with Crippen molar-refractivity contribution in [3.63, 3.8) is 0 Å². The highest BCUT2D eigenvalue weighted by Crippen LogP contribution is 2.30. The van der Waals surface area contributed by atoms with Crippen LogP contribution in [0.25, 0.3) is 0 Å². The molecule has 0 radical (unpaired) electrons. The van der Waals surface area contributed by atoms with Gasteiger partial charge in [-0.3, -0.25) is 4.79 Å². The van der Waals surface area contributed by atoms with Crippen LogP contribution in [0.2, 0.25) is 0 Å². The third-order valence-electron chi connectivity index (χ3n) is 5.12. The zero-order valence-corrected chi connectivity index (χ0v) is 16.2. The van der Waals surface area contributed by atoms with Crippen molar-refractivity contribution in [2.75, 3.05) is 0 Å². The maximum absolute atomic E-state index is 12.5. The summed E-state index contributed by atoms with van der Waals surface area (Å²) in [5.41, 5.74) is 0.645. The molecule has 2 aliphatic rings. The second kappa shape index (κ2) is 7.27. The van der Waals surface area contributed by atoms with Gasteiger partial charge in [0, 0.05) is 33.5 Å². The molecule has 3 atom stereocenters. The van der Waals surface area contributed by atoms with Crippen molar-refractivity contribution in [3.8, 4) is 0 Å². The highest BCUT2D eigenvalue weighted by atomic mass is 32.2. The molecule has 4 rings (SSSR count). The first-order valence-corrected chi connectivity index (χ1v) is 11.2. The number of sulfonamides is 1. The fraction of sp³-hybridized carbons (Fsp3) is 0.316. The van der Waals surface area contributed by atoms with Gasteiger partial charge in [-0.2, -0.15) is 0 Å². The molecule has 0 aromatic heterocycles. The largest absolute Gasteiger partial charge is 0.348 e.